The Morgan fingerprint density at radius 3 is 3.43 bits per heavy atom. The summed E-state index contributed by atoms with van der Waals surface area (Å²) in [7, 11) is 2.23. The van der Waals surface area contributed by atoms with Gasteiger partial charge in [-0.2, -0.15) is 0 Å². The second kappa shape index (κ2) is 3.24. The van der Waals surface area contributed by atoms with Gasteiger partial charge in [-0.15, -0.1) is 11.8 Å². The minimum absolute atomic E-state index is 0.639. The summed E-state index contributed by atoms with van der Waals surface area (Å²) >= 11 is 2.00. The zero-order chi connectivity index (χ0) is 9.54. The van der Waals surface area contributed by atoms with Crippen molar-refractivity contribution in [3.05, 3.63) is 24.0 Å². The summed E-state index contributed by atoms with van der Waals surface area (Å²) in [5.74, 6) is 2.13. The molecule has 0 amide bonds. The van der Waals surface area contributed by atoms with Gasteiger partial charge in [0.05, 0.1) is 0 Å². The van der Waals surface area contributed by atoms with Crippen molar-refractivity contribution >= 4 is 11.8 Å². The molecule has 0 spiro atoms. The van der Waals surface area contributed by atoms with Gasteiger partial charge in [0.2, 0.25) is 0 Å². The summed E-state index contributed by atoms with van der Waals surface area (Å²) in [5, 5.41) is 0. The third-order valence-electron chi connectivity index (χ3n) is 3.36. The number of thioether (sulfide) groups is 1. The number of pyridine rings is 1. The van der Waals surface area contributed by atoms with E-state index in [-0.39, 0.29) is 0 Å². The van der Waals surface area contributed by atoms with Crippen LogP contribution in [-0.4, -0.2) is 29.2 Å². The maximum absolute atomic E-state index is 4.25. The molecule has 0 aliphatic carbocycles. The van der Waals surface area contributed by atoms with Gasteiger partial charge in [0.15, 0.2) is 0 Å². The van der Waals surface area contributed by atoms with E-state index in [1.807, 2.05) is 18.0 Å². The highest BCUT2D eigenvalue weighted by atomic mass is 32.2. The molecule has 0 saturated carbocycles. The molecule has 1 aromatic rings. The van der Waals surface area contributed by atoms with Crippen molar-refractivity contribution in [2.45, 2.75) is 17.4 Å². The lowest BCUT2D eigenvalue weighted by Gasteiger charge is -2.30. The van der Waals surface area contributed by atoms with Crippen LogP contribution in [0.5, 0.6) is 0 Å². The van der Waals surface area contributed by atoms with E-state index in [0.29, 0.717) is 6.04 Å². The molecule has 0 aromatic carbocycles. The second-order valence-corrected chi connectivity index (χ2v) is 5.26. The third kappa shape index (κ3) is 1.19. The van der Waals surface area contributed by atoms with Gasteiger partial charge in [-0.1, -0.05) is 0 Å². The van der Waals surface area contributed by atoms with Crippen LogP contribution in [-0.2, 0) is 0 Å². The summed E-state index contributed by atoms with van der Waals surface area (Å²) < 4.78 is 0. The summed E-state index contributed by atoms with van der Waals surface area (Å²) in [6, 6.07) is 2.79. The number of nitrogens with zero attached hydrogens (tertiary/aromatic N) is 2. The van der Waals surface area contributed by atoms with E-state index in [4.69, 9.17) is 0 Å². The molecule has 2 aliphatic rings. The van der Waals surface area contributed by atoms with Crippen LogP contribution in [0.3, 0.4) is 0 Å². The Morgan fingerprint density at radius 1 is 1.57 bits per heavy atom. The first-order chi connectivity index (χ1) is 6.86. The Hall–Kier alpha value is -0.540. The van der Waals surface area contributed by atoms with Crippen LogP contribution in [0.4, 0.5) is 0 Å². The van der Waals surface area contributed by atoms with E-state index in [1.165, 1.54) is 29.2 Å². The molecule has 0 radical (unpaired) electrons. The fourth-order valence-electron chi connectivity index (χ4n) is 2.64. The number of fused-ring (bicyclic) bond motifs is 3. The van der Waals surface area contributed by atoms with Crippen molar-refractivity contribution in [3.63, 3.8) is 0 Å². The molecule has 3 heteroatoms. The number of likely N-dealkylation sites (tertiary alicyclic amines) is 1. The zero-order valence-corrected chi connectivity index (χ0v) is 9.13. The van der Waals surface area contributed by atoms with Crippen LogP contribution in [0.2, 0.25) is 0 Å². The van der Waals surface area contributed by atoms with E-state index in [9.17, 15) is 0 Å². The van der Waals surface area contributed by atoms with Gasteiger partial charge in [0.25, 0.3) is 0 Å². The number of rotatable bonds is 0. The van der Waals surface area contributed by atoms with Crippen molar-refractivity contribution in [3.8, 4) is 0 Å². The second-order valence-electron chi connectivity index (χ2n) is 4.20. The van der Waals surface area contributed by atoms with Gasteiger partial charge in [-0.05, 0) is 32.0 Å². The van der Waals surface area contributed by atoms with Crippen LogP contribution >= 0.6 is 11.8 Å². The lowest BCUT2D eigenvalue weighted by Crippen LogP contribution is -2.25. The van der Waals surface area contributed by atoms with Crippen molar-refractivity contribution < 1.29 is 0 Å². The molecule has 3 heterocycles. The third-order valence-corrected chi connectivity index (χ3v) is 4.63. The topological polar surface area (TPSA) is 16.1 Å². The van der Waals surface area contributed by atoms with Crippen molar-refractivity contribution in [1.29, 1.82) is 0 Å². The minimum atomic E-state index is 0.639. The van der Waals surface area contributed by atoms with Crippen LogP contribution < -0.4 is 0 Å². The predicted octanol–water partition coefficient (Wildman–Crippen LogP) is 2.18. The highest BCUT2D eigenvalue weighted by Crippen LogP contribution is 2.46. The summed E-state index contributed by atoms with van der Waals surface area (Å²) in [5.41, 5.74) is 1.45. The van der Waals surface area contributed by atoms with E-state index in [2.05, 4.69) is 29.2 Å². The van der Waals surface area contributed by atoms with Gasteiger partial charge in [-0.25, -0.2) is 0 Å². The normalized spacial score (nSPS) is 31.2. The van der Waals surface area contributed by atoms with Crippen LogP contribution in [0.15, 0.2) is 23.4 Å². The largest absolute Gasteiger partial charge is 0.299 e. The van der Waals surface area contributed by atoms with Crippen LogP contribution in [0.25, 0.3) is 0 Å². The lowest BCUT2D eigenvalue weighted by molar-refractivity contribution is 0.280. The van der Waals surface area contributed by atoms with Gasteiger partial charge >= 0.3 is 0 Å². The Kier molecular flexibility index (Phi) is 2.03. The molecule has 74 valence electrons. The average molecular weight is 206 g/mol. The maximum atomic E-state index is 4.25. The molecule has 1 fully saturated rings. The molecule has 0 bridgehead atoms. The first kappa shape index (κ1) is 8.74. The minimum Gasteiger partial charge on any atom is -0.299 e. The van der Waals surface area contributed by atoms with Crippen molar-refractivity contribution in [2.75, 3.05) is 19.3 Å². The Bertz CT molecular complexity index is 353. The fourth-order valence-corrected chi connectivity index (χ4v) is 3.88. The maximum Gasteiger partial charge on any atom is 0.0408 e. The molecular weight excluding hydrogens is 192 g/mol. The first-order valence-electron chi connectivity index (χ1n) is 5.13. The monoisotopic (exact) mass is 206 g/mol. The van der Waals surface area contributed by atoms with Gasteiger partial charge < -0.3 is 0 Å². The SMILES string of the molecule is CN1CC[C@H]2CSc3ccncc3[C@H]21. The van der Waals surface area contributed by atoms with Crippen molar-refractivity contribution in [2.24, 2.45) is 5.92 Å². The molecule has 1 aromatic heterocycles. The van der Waals surface area contributed by atoms with E-state index >= 15 is 0 Å². The average Bonchev–Trinajstić information content (AvgIpc) is 2.61. The molecule has 0 unspecified atom stereocenters. The quantitative estimate of drug-likeness (QED) is 0.647. The summed E-state index contributed by atoms with van der Waals surface area (Å²) in [6.45, 7) is 1.24. The fraction of sp³-hybridized carbons (Fsp3) is 0.545. The molecule has 2 atom stereocenters. The van der Waals surface area contributed by atoms with E-state index < -0.39 is 0 Å². The standard InChI is InChI=1S/C11H14N2S/c1-13-5-3-8-7-14-10-2-4-12-6-9(10)11(8)13/h2,4,6,8,11H,3,5,7H2,1H3/t8-,11-/m0/s1. The summed E-state index contributed by atoms with van der Waals surface area (Å²) in [4.78, 5) is 8.17. The molecule has 1 saturated heterocycles. The predicted molar refractivity (Wildman–Crippen MR) is 58.4 cm³/mol. The van der Waals surface area contributed by atoms with Crippen LogP contribution in [0.1, 0.15) is 18.0 Å². The lowest BCUT2D eigenvalue weighted by atomic mass is 9.96. The molecular formula is C11H14N2S. The van der Waals surface area contributed by atoms with Crippen molar-refractivity contribution in [1.82, 2.24) is 9.88 Å². The highest BCUT2D eigenvalue weighted by Gasteiger charge is 2.37. The smallest absolute Gasteiger partial charge is 0.0408 e. The van der Waals surface area contributed by atoms with Crippen LogP contribution in [0, 0.1) is 5.92 Å². The number of hydrogen-bond acceptors (Lipinski definition) is 3. The molecule has 3 rings (SSSR count). The van der Waals surface area contributed by atoms with Gasteiger partial charge in [0.1, 0.15) is 0 Å². The first-order valence-corrected chi connectivity index (χ1v) is 6.12. The molecule has 2 aliphatic heterocycles. The van der Waals surface area contributed by atoms with Gasteiger partial charge in [-0.3, -0.25) is 9.88 Å². The van der Waals surface area contributed by atoms with E-state index in [0.717, 1.165) is 5.92 Å². The Labute approximate surface area is 88.7 Å². The Morgan fingerprint density at radius 2 is 2.50 bits per heavy atom. The molecule has 14 heavy (non-hydrogen) atoms. The number of hydrogen-bond donors (Lipinski definition) is 0. The van der Waals surface area contributed by atoms with Gasteiger partial charge in [0, 0.05) is 34.6 Å². The summed E-state index contributed by atoms with van der Waals surface area (Å²) in [6.07, 6.45) is 5.31. The van der Waals surface area contributed by atoms with E-state index in [1.54, 1.807) is 0 Å². The Balaban J connectivity index is 2.07. The molecule has 0 N–H and O–H groups in total. The number of aromatic nitrogens is 1. The molecule has 2 nitrogen and oxygen atoms in total. The zero-order valence-electron chi connectivity index (χ0n) is 8.31. The highest BCUT2D eigenvalue weighted by molar-refractivity contribution is 7.99.